The van der Waals surface area contributed by atoms with Gasteiger partial charge in [-0.1, -0.05) is 27.2 Å². The molecule has 0 atom stereocenters. The molecule has 0 bridgehead atoms. The number of aromatic nitrogens is 4. The Bertz CT molecular complexity index is 641. The highest BCUT2D eigenvalue weighted by Gasteiger charge is 2.14. The van der Waals surface area contributed by atoms with E-state index in [1.807, 2.05) is 0 Å². The van der Waals surface area contributed by atoms with E-state index in [-0.39, 0.29) is 5.56 Å². The first-order chi connectivity index (χ1) is 9.52. The van der Waals surface area contributed by atoms with Crippen LogP contribution in [0.15, 0.2) is 4.79 Å². The second-order valence-electron chi connectivity index (χ2n) is 5.54. The van der Waals surface area contributed by atoms with E-state index in [4.69, 9.17) is 0 Å². The SMILES string of the molecule is CCCc1nn(C)c2c(=O)[nH]c(NCCC(C)C)nc12. The number of aromatic amines is 1. The maximum absolute atomic E-state index is 12.1. The molecule has 0 fully saturated rings. The zero-order chi connectivity index (χ0) is 14.7. The summed E-state index contributed by atoms with van der Waals surface area (Å²) < 4.78 is 1.62. The molecular weight excluding hydrogens is 254 g/mol. The van der Waals surface area contributed by atoms with Crippen LogP contribution in [0.4, 0.5) is 5.95 Å². The summed E-state index contributed by atoms with van der Waals surface area (Å²) in [4.78, 5) is 19.4. The van der Waals surface area contributed by atoms with Gasteiger partial charge in [-0.3, -0.25) is 14.5 Å². The predicted octanol–water partition coefficient (Wildman–Crippen LogP) is 2.07. The summed E-state index contributed by atoms with van der Waals surface area (Å²) in [7, 11) is 1.78. The monoisotopic (exact) mass is 277 g/mol. The summed E-state index contributed by atoms with van der Waals surface area (Å²) in [5.41, 5.74) is 2.01. The van der Waals surface area contributed by atoms with Gasteiger partial charge in [-0.2, -0.15) is 5.10 Å². The van der Waals surface area contributed by atoms with E-state index < -0.39 is 0 Å². The van der Waals surface area contributed by atoms with Gasteiger partial charge in [-0.05, 0) is 18.8 Å². The van der Waals surface area contributed by atoms with Crippen LogP contribution in [0.25, 0.3) is 11.0 Å². The predicted molar refractivity (Wildman–Crippen MR) is 81.1 cm³/mol. The van der Waals surface area contributed by atoms with Crippen molar-refractivity contribution in [3.8, 4) is 0 Å². The molecule has 0 aliphatic rings. The Morgan fingerprint density at radius 3 is 2.80 bits per heavy atom. The standard InChI is InChI=1S/C14H23N5O/c1-5-6-10-11-12(19(4)18-10)13(20)17-14(16-11)15-8-7-9(2)3/h9H,5-8H2,1-4H3,(H2,15,16,17,20). The van der Waals surface area contributed by atoms with Crippen LogP contribution in [0.5, 0.6) is 0 Å². The maximum atomic E-state index is 12.1. The summed E-state index contributed by atoms with van der Waals surface area (Å²) in [6.07, 6.45) is 2.85. The molecular formula is C14H23N5O. The number of H-pyrrole nitrogens is 1. The maximum Gasteiger partial charge on any atom is 0.278 e. The number of fused-ring (bicyclic) bond motifs is 1. The molecule has 0 aromatic carbocycles. The summed E-state index contributed by atoms with van der Waals surface area (Å²) in [5.74, 6) is 1.15. The van der Waals surface area contributed by atoms with Crippen LogP contribution >= 0.6 is 0 Å². The van der Waals surface area contributed by atoms with E-state index in [0.717, 1.165) is 31.5 Å². The van der Waals surface area contributed by atoms with Crippen LogP contribution in [0, 0.1) is 5.92 Å². The van der Waals surface area contributed by atoms with Crippen molar-refractivity contribution in [3.63, 3.8) is 0 Å². The topological polar surface area (TPSA) is 75.6 Å². The van der Waals surface area contributed by atoms with Crippen molar-refractivity contribution in [1.29, 1.82) is 0 Å². The van der Waals surface area contributed by atoms with Crippen molar-refractivity contribution in [2.45, 2.75) is 40.0 Å². The van der Waals surface area contributed by atoms with Crippen molar-refractivity contribution in [2.24, 2.45) is 13.0 Å². The molecule has 0 unspecified atom stereocenters. The third kappa shape index (κ3) is 3.00. The fourth-order valence-electron chi connectivity index (χ4n) is 2.22. The molecule has 0 saturated heterocycles. The molecule has 6 nitrogen and oxygen atoms in total. The van der Waals surface area contributed by atoms with E-state index in [9.17, 15) is 4.79 Å². The zero-order valence-corrected chi connectivity index (χ0v) is 12.7. The van der Waals surface area contributed by atoms with Gasteiger partial charge in [0.15, 0.2) is 5.52 Å². The Balaban J connectivity index is 2.34. The van der Waals surface area contributed by atoms with Gasteiger partial charge in [0.25, 0.3) is 5.56 Å². The van der Waals surface area contributed by atoms with E-state index in [2.05, 4.69) is 41.2 Å². The van der Waals surface area contributed by atoms with Gasteiger partial charge in [0.1, 0.15) is 5.52 Å². The highest BCUT2D eigenvalue weighted by molar-refractivity contribution is 5.77. The number of nitrogens with one attached hydrogen (secondary N) is 2. The van der Waals surface area contributed by atoms with Crippen molar-refractivity contribution >= 4 is 17.0 Å². The van der Waals surface area contributed by atoms with Crippen molar-refractivity contribution in [2.75, 3.05) is 11.9 Å². The molecule has 6 heteroatoms. The second-order valence-corrected chi connectivity index (χ2v) is 5.54. The minimum absolute atomic E-state index is 0.139. The van der Waals surface area contributed by atoms with Crippen LogP contribution < -0.4 is 10.9 Å². The average molecular weight is 277 g/mol. The molecule has 20 heavy (non-hydrogen) atoms. The van der Waals surface area contributed by atoms with Crippen LogP contribution in [-0.4, -0.2) is 26.3 Å². The lowest BCUT2D eigenvalue weighted by Gasteiger charge is -2.07. The molecule has 0 aliphatic carbocycles. The molecule has 2 aromatic heterocycles. The molecule has 2 N–H and O–H groups in total. The number of hydrogen-bond acceptors (Lipinski definition) is 4. The Hall–Kier alpha value is -1.85. The Morgan fingerprint density at radius 1 is 1.40 bits per heavy atom. The number of aryl methyl sites for hydroxylation is 2. The third-order valence-electron chi connectivity index (χ3n) is 3.26. The lowest BCUT2D eigenvalue weighted by atomic mass is 10.1. The second kappa shape index (κ2) is 6.07. The highest BCUT2D eigenvalue weighted by Crippen LogP contribution is 2.15. The van der Waals surface area contributed by atoms with Gasteiger partial charge in [-0.25, -0.2) is 4.98 Å². The zero-order valence-electron chi connectivity index (χ0n) is 12.7. The van der Waals surface area contributed by atoms with Crippen LogP contribution in [-0.2, 0) is 13.5 Å². The summed E-state index contributed by atoms with van der Waals surface area (Å²) in [6, 6.07) is 0. The average Bonchev–Trinajstić information content (AvgIpc) is 2.66. The fourth-order valence-corrected chi connectivity index (χ4v) is 2.22. The number of anilines is 1. The van der Waals surface area contributed by atoms with Gasteiger partial charge in [0.05, 0.1) is 5.69 Å². The lowest BCUT2D eigenvalue weighted by Crippen LogP contribution is -2.16. The minimum Gasteiger partial charge on any atom is -0.356 e. The van der Waals surface area contributed by atoms with Crippen LogP contribution in [0.3, 0.4) is 0 Å². The van der Waals surface area contributed by atoms with E-state index in [0.29, 0.717) is 22.9 Å². The molecule has 0 amide bonds. The molecule has 0 saturated carbocycles. The van der Waals surface area contributed by atoms with Gasteiger partial charge >= 0.3 is 0 Å². The van der Waals surface area contributed by atoms with Gasteiger partial charge in [-0.15, -0.1) is 0 Å². The first-order valence-electron chi connectivity index (χ1n) is 7.22. The summed E-state index contributed by atoms with van der Waals surface area (Å²) in [5, 5.41) is 7.58. The molecule has 0 aliphatic heterocycles. The summed E-state index contributed by atoms with van der Waals surface area (Å²) >= 11 is 0. The third-order valence-corrected chi connectivity index (χ3v) is 3.26. The van der Waals surface area contributed by atoms with Crippen molar-refractivity contribution in [3.05, 3.63) is 16.0 Å². The Labute approximate surface area is 118 Å². The lowest BCUT2D eigenvalue weighted by molar-refractivity contribution is 0.606. The van der Waals surface area contributed by atoms with Crippen LogP contribution in [0.1, 0.15) is 39.3 Å². The Kier molecular flexibility index (Phi) is 4.42. The number of rotatable bonds is 6. The van der Waals surface area contributed by atoms with Crippen molar-refractivity contribution < 1.29 is 0 Å². The molecule has 2 aromatic rings. The largest absolute Gasteiger partial charge is 0.356 e. The highest BCUT2D eigenvalue weighted by atomic mass is 16.1. The fraction of sp³-hybridized carbons (Fsp3) is 0.643. The first kappa shape index (κ1) is 14.6. The summed E-state index contributed by atoms with van der Waals surface area (Å²) in [6.45, 7) is 7.23. The van der Waals surface area contributed by atoms with Gasteiger partial charge in [0.2, 0.25) is 5.95 Å². The van der Waals surface area contributed by atoms with E-state index >= 15 is 0 Å². The molecule has 0 spiro atoms. The van der Waals surface area contributed by atoms with Crippen molar-refractivity contribution in [1.82, 2.24) is 19.7 Å². The molecule has 110 valence electrons. The van der Waals surface area contributed by atoms with Gasteiger partial charge in [0, 0.05) is 13.6 Å². The molecule has 0 radical (unpaired) electrons. The normalized spacial score (nSPS) is 11.4. The smallest absolute Gasteiger partial charge is 0.278 e. The van der Waals surface area contributed by atoms with Crippen LogP contribution in [0.2, 0.25) is 0 Å². The number of hydrogen-bond donors (Lipinski definition) is 2. The Morgan fingerprint density at radius 2 is 2.15 bits per heavy atom. The first-order valence-corrected chi connectivity index (χ1v) is 7.22. The van der Waals surface area contributed by atoms with E-state index in [1.165, 1.54) is 0 Å². The molecule has 2 heterocycles. The minimum atomic E-state index is -0.139. The van der Waals surface area contributed by atoms with Gasteiger partial charge < -0.3 is 5.32 Å². The number of nitrogens with zero attached hydrogens (tertiary/aromatic N) is 3. The molecule has 2 rings (SSSR count). The quantitative estimate of drug-likeness (QED) is 0.847. The van der Waals surface area contributed by atoms with E-state index in [1.54, 1.807) is 11.7 Å².